The monoisotopic (exact) mass is 612 g/mol. The van der Waals surface area contributed by atoms with Crippen LogP contribution in [0.25, 0.3) is 78.3 Å². The van der Waals surface area contributed by atoms with Crippen LogP contribution in [0.15, 0.2) is 170 Å². The van der Waals surface area contributed by atoms with Crippen molar-refractivity contribution in [2.45, 2.75) is 0 Å². The second kappa shape index (κ2) is 12.6. The van der Waals surface area contributed by atoms with E-state index in [-0.39, 0.29) is 0 Å². The second-order valence-corrected chi connectivity index (χ2v) is 11.6. The van der Waals surface area contributed by atoms with E-state index in [1.165, 1.54) is 10.8 Å². The van der Waals surface area contributed by atoms with Crippen LogP contribution in [0, 0.1) is 11.3 Å². The molecule has 48 heavy (non-hydrogen) atoms. The minimum absolute atomic E-state index is 0.544. The molecule has 224 valence electrons. The fourth-order valence-corrected chi connectivity index (χ4v) is 6.14. The van der Waals surface area contributed by atoms with Crippen molar-refractivity contribution in [3.8, 4) is 73.6 Å². The molecule has 0 saturated carbocycles. The molecule has 0 radical (unpaired) electrons. The van der Waals surface area contributed by atoms with Gasteiger partial charge in [0, 0.05) is 22.3 Å². The van der Waals surface area contributed by atoms with Gasteiger partial charge in [-0.2, -0.15) is 5.26 Å². The fourth-order valence-electron chi connectivity index (χ4n) is 6.14. The Morgan fingerprint density at radius 3 is 1.54 bits per heavy atom. The molecule has 1 heterocycles. The van der Waals surface area contributed by atoms with Gasteiger partial charge >= 0.3 is 0 Å². The van der Waals surface area contributed by atoms with E-state index >= 15 is 0 Å². The number of hydrogen-bond donors (Lipinski definition) is 0. The first-order valence-corrected chi connectivity index (χ1v) is 15.8. The minimum Gasteiger partial charge on any atom is -0.208 e. The summed E-state index contributed by atoms with van der Waals surface area (Å²) in [6.07, 6.45) is 0. The third-order valence-electron chi connectivity index (χ3n) is 8.59. The first-order valence-electron chi connectivity index (χ1n) is 15.8. The number of nitriles is 1. The van der Waals surface area contributed by atoms with Crippen LogP contribution in [0.1, 0.15) is 5.56 Å². The number of rotatable bonds is 6. The number of hydrogen-bond acceptors (Lipinski definition) is 4. The Balaban J connectivity index is 1.29. The molecule has 0 atom stereocenters. The van der Waals surface area contributed by atoms with E-state index in [9.17, 15) is 5.26 Å². The number of aromatic nitrogens is 3. The van der Waals surface area contributed by atoms with Gasteiger partial charge in [-0.25, -0.2) is 15.0 Å². The smallest absolute Gasteiger partial charge is 0.164 e. The van der Waals surface area contributed by atoms with E-state index in [0.29, 0.717) is 23.0 Å². The van der Waals surface area contributed by atoms with Crippen molar-refractivity contribution in [2.24, 2.45) is 0 Å². The summed E-state index contributed by atoms with van der Waals surface area (Å²) in [5.41, 5.74) is 9.81. The zero-order valence-electron chi connectivity index (χ0n) is 26.0. The third-order valence-corrected chi connectivity index (χ3v) is 8.59. The van der Waals surface area contributed by atoms with Gasteiger partial charge in [-0.05, 0) is 68.9 Å². The zero-order chi connectivity index (χ0) is 32.3. The summed E-state index contributed by atoms with van der Waals surface area (Å²) in [6, 6.07) is 60.0. The fraction of sp³-hybridized carbons (Fsp3) is 0. The molecule has 0 aliphatic rings. The molecular weight excluding hydrogens is 585 g/mol. The van der Waals surface area contributed by atoms with Gasteiger partial charge in [0.2, 0.25) is 0 Å². The van der Waals surface area contributed by atoms with Crippen LogP contribution < -0.4 is 0 Å². The Kier molecular flexibility index (Phi) is 7.54. The van der Waals surface area contributed by atoms with Gasteiger partial charge in [0.15, 0.2) is 17.5 Å². The summed E-state index contributed by atoms with van der Waals surface area (Å²) < 4.78 is 0. The van der Waals surface area contributed by atoms with E-state index < -0.39 is 0 Å². The maximum Gasteiger partial charge on any atom is 0.164 e. The lowest BCUT2D eigenvalue weighted by Gasteiger charge is -2.16. The highest BCUT2D eigenvalue weighted by atomic mass is 15.0. The highest BCUT2D eigenvalue weighted by Crippen LogP contribution is 2.40. The van der Waals surface area contributed by atoms with Gasteiger partial charge in [0.25, 0.3) is 0 Å². The highest BCUT2D eigenvalue weighted by molar-refractivity contribution is 5.93. The number of nitrogens with zero attached hydrogens (tertiary/aromatic N) is 4. The molecule has 0 saturated heterocycles. The third kappa shape index (κ3) is 5.62. The summed E-state index contributed by atoms with van der Waals surface area (Å²) in [4.78, 5) is 15.2. The van der Waals surface area contributed by atoms with Gasteiger partial charge in [-0.15, -0.1) is 0 Å². The molecule has 0 bridgehead atoms. The van der Waals surface area contributed by atoms with Gasteiger partial charge in [-0.3, -0.25) is 0 Å². The maximum absolute atomic E-state index is 9.41. The highest BCUT2D eigenvalue weighted by Gasteiger charge is 2.19. The van der Waals surface area contributed by atoms with Crippen molar-refractivity contribution in [1.29, 1.82) is 5.26 Å². The Labute approximate surface area is 279 Å². The molecule has 0 amide bonds. The average molecular weight is 613 g/mol. The normalized spacial score (nSPS) is 10.9. The Bertz CT molecular complexity index is 2430. The SMILES string of the molecule is N#Cc1ccc(-c2nc(-c3ccc(-c4ccc5ccccc5c4)cc3)nc(-c3cccc(-c4ccccc4)c3-c3ccccc3)n2)cc1. The molecule has 8 aromatic rings. The van der Waals surface area contributed by atoms with Crippen LogP contribution in [0.5, 0.6) is 0 Å². The predicted octanol–water partition coefficient (Wildman–Crippen LogP) is 10.9. The average Bonchev–Trinajstić information content (AvgIpc) is 3.18. The molecule has 1 aromatic heterocycles. The summed E-state index contributed by atoms with van der Waals surface area (Å²) in [6.45, 7) is 0. The Morgan fingerprint density at radius 1 is 0.354 bits per heavy atom. The maximum atomic E-state index is 9.41. The van der Waals surface area contributed by atoms with Crippen LogP contribution in [-0.4, -0.2) is 15.0 Å². The molecule has 0 N–H and O–H groups in total. The lowest BCUT2D eigenvalue weighted by Crippen LogP contribution is -2.02. The van der Waals surface area contributed by atoms with Gasteiger partial charge in [-0.1, -0.05) is 140 Å². The lowest BCUT2D eigenvalue weighted by atomic mass is 9.90. The van der Waals surface area contributed by atoms with Gasteiger partial charge in [0.05, 0.1) is 11.6 Å². The number of benzene rings is 7. The zero-order valence-corrected chi connectivity index (χ0v) is 26.0. The van der Waals surface area contributed by atoms with Crippen LogP contribution in [-0.2, 0) is 0 Å². The van der Waals surface area contributed by atoms with Gasteiger partial charge in [0.1, 0.15) is 0 Å². The molecule has 0 unspecified atom stereocenters. The van der Waals surface area contributed by atoms with E-state index in [0.717, 1.165) is 50.1 Å². The molecule has 8 rings (SSSR count). The first-order chi connectivity index (χ1) is 23.7. The number of fused-ring (bicyclic) bond motifs is 1. The molecule has 7 aromatic carbocycles. The van der Waals surface area contributed by atoms with Crippen molar-refractivity contribution in [3.63, 3.8) is 0 Å². The largest absolute Gasteiger partial charge is 0.208 e. The molecule has 0 fully saturated rings. The quantitative estimate of drug-likeness (QED) is 0.187. The summed E-state index contributed by atoms with van der Waals surface area (Å²) in [7, 11) is 0. The topological polar surface area (TPSA) is 62.5 Å². The molecule has 4 heteroatoms. The van der Waals surface area contributed by atoms with Gasteiger partial charge < -0.3 is 0 Å². The van der Waals surface area contributed by atoms with E-state index in [4.69, 9.17) is 15.0 Å². The Morgan fingerprint density at radius 2 is 0.875 bits per heavy atom. The van der Waals surface area contributed by atoms with E-state index in [1.807, 2.05) is 24.3 Å². The van der Waals surface area contributed by atoms with E-state index in [1.54, 1.807) is 12.1 Å². The lowest BCUT2D eigenvalue weighted by molar-refractivity contribution is 1.07. The molecular formula is C44H28N4. The molecule has 4 nitrogen and oxygen atoms in total. The minimum atomic E-state index is 0.544. The molecule has 0 spiro atoms. The Hall–Kier alpha value is -6.70. The van der Waals surface area contributed by atoms with Crippen LogP contribution in [0.2, 0.25) is 0 Å². The van der Waals surface area contributed by atoms with Crippen molar-refractivity contribution in [1.82, 2.24) is 15.0 Å². The van der Waals surface area contributed by atoms with E-state index in [2.05, 4.69) is 140 Å². The second-order valence-electron chi connectivity index (χ2n) is 11.6. The molecule has 0 aliphatic heterocycles. The standard InChI is InChI=1S/C44H28N4/c45-29-30-18-20-35(21-19-30)42-46-43(36-25-22-32(23-26-36)38-27-24-31-10-7-8-15-37(31)28-38)48-44(47-42)40-17-9-16-39(33-11-3-1-4-12-33)41(40)34-13-5-2-6-14-34/h1-28H. The van der Waals surface area contributed by atoms with Crippen LogP contribution >= 0.6 is 0 Å². The van der Waals surface area contributed by atoms with Crippen molar-refractivity contribution < 1.29 is 0 Å². The first kappa shape index (κ1) is 28.8. The van der Waals surface area contributed by atoms with Crippen LogP contribution in [0.3, 0.4) is 0 Å². The van der Waals surface area contributed by atoms with Crippen molar-refractivity contribution in [2.75, 3.05) is 0 Å². The molecule has 0 aliphatic carbocycles. The van der Waals surface area contributed by atoms with Crippen molar-refractivity contribution in [3.05, 3.63) is 175 Å². The predicted molar refractivity (Wildman–Crippen MR) is 195 cm³/mol. The summed E-state index contributed by atoms with van der Waals surface area (Å²) in [5, 5.41) is 11.8. The van der Waals surface area contributed by atoms with Crippen LogP contribution in [0.4, 0.5) is 0 Å². The summed E-state index contributed by atoms with van der Waals surface area (Å²) >= 11 is 0. The summed E-state index contributed by atoms with van der Waals surface area (Å²) in [5.74, 6) is 1.70. The van der Waals surface area contributed by atoms with Crippen molar-refractivity contribution >= 4 is 10.8 Å².